The van der Waals surface area contributed by atoms with Crippen molar-refractivity contribution in [1.82, 2.24) is 10.2 Å². The summed E-state index contributed by atoms with van der Waals surface area (Å²) < 4.78 is 21.9. The van der Waals surface area contributed by atoms with Crippen LogP contribution in [0.4, 0.5) is 0 Å². The van der Waals surface area contributed by atoms with Gasteiger partial charge >= 0.3 is 0 Å². The van der Waals surface area contributed by atoms with Crippen LogP contribution < -0.4 is 24.3 Å². The zero-order chi connectivity index (χ0) is 26.1. The molecule has 2 aliphatic rings. The average molecular weight is 503 g/mol. The summed E-state index contributed by atoms with van der Waals surface area (Å²) in [5, 5.41) is 3.10. The van der Waals surface area contributed by atoms with Crippen LogP contribution in [0, 0.1) is 0 Å². The minimum Gasteiger partial charge on any atom is -0.497 e. The number of rotatable bonds is 7. The molecule has 0 radical (unpaired) electrons. The molecule has 1 N–H and O–H groups in total. The number of amides is 2. The van der Waals surface area contributed by atoms with Crippen molar-refractivity contribution in [2.24, 2.45) is 0 Å². The van der Waals surface area contributed by atoms with E-state index in [2.05, 4.69) is 5.32 Å². The van der Waals surface area contributed by atoms with E-state index in [9.17, 15) is 9.59 Å². The minimum absolute atomic E-state index is 0.0699. The van der Waals surface area contributed by atoms with Crippen molar-refractivity contribution in [3.8, 4) is 23.0 Å². The zero-order valence-electron chi connectivity index (χ0n) is 21.4. The van der Waals surface area contributed by atoms with Crippen molar-refractivity contribution in [3.63, 3.8) is 0 Å². The minimum atomic E-state index is -0.609. The van der Waals surface area contributed by atoms with Crippen LogP contribution in [-0.4, -0.2) is 51.7 Å². The molecule has 2 aliphatic heterocycles. The van der Waals surface area contributed by atoms with Crippen molar-refractivity contribution in [2.45, 2.75) is 24.9 Å². The number of ether oxygens (including phenoxy) is 4. The first-order chi connectivity index (χ1) is 18.0. The van der Waals surface area contributed by atoms with Crippen LogP contribution in [0.5, 0.6) is 23.0 Å². The van der Waals surface area contributed by atoms with Crippen LogP contribution in [0.1, 0.15) is 44.6 Å². The van der Waals surface area contributed by atoms with Gasteiger partial charge in [0.05, 0.1) is 40.4 Å². The lowest BCUT2D eigenvalue weighted by molar-refractivity contribution is -0.124. The SMILES string of the molecule is COc1ccc(OC)c(CNC(=O)[C@H]2c3ccccc3C(=O)N3CCc4cc(OC)c(OC)cc4[C@H]23)c1. The molecule has 2 amide bonds. The van der Waals surface area contributed by atoms with E-state index in [1.165, 1.54) is 0 Å². The Morgan fingerprint density at radius 2 is 1.62 bits per heavy atom. The van der Waals surface area contributed by atoms with Gasteiger partial charge in [-0.25, -0.2) is 0 Å². The first-order valence-electron chi connectivity index (χ1n) is 12.1. The highest BCUT2D eigenvalue weighted by Gasteiger charge is 2.46. The molecular weight excluding hydrogens is 472 g/mol. The van der Waals surface area contributed by atoms with Gasteiger partial charge in [-0.15, -0.1) is 0 Å². The number of methoxy groups -OCH3 is 4. The van der Waals surface area contributed by atoms with Crippen LogP contribution in [0.15, 0.2) is 54.6 Å². The number of hydrogen-bond acceptors (Lipinski definition) is 6. The molecule has 0 aromatic heterocycles. The van der Waals surface area contributed by atoms with Gasteiger partial charge in [0.1, 0.15) is 11.5 Å². The Kier molecular flexibility index (Phi) is 6.65. The number of nitrogens with zero attached hydrogens (tertiary/aromatic N) is 1. The van der Waals surface area contributed by atoms with Gasteiger partial charge in [0, 0.05) is 24.2 Å². The second kappa shape index (κ2) is 10.0. The largest absolute Gasteiger partial charge is 0.497 e. The molecule has 0 spiro atoms. The molecule has 0 fully saturated rings. The Morgan fingerprint density at radius 3 is 2.35 bits per heavy atom. The van der Waals surface area contributed by atoms with E-state index in [1.807, 2.05) is 53.4 Å². The Balaban J connectivity index is 1.56. The first-order valence-corrected chi connectivity index (χ1v) is 12.1. The quantitative estimate of drug-likeness (QED) is 0.528. The maximum absolute atomic E-state index is 14.0. The summed E-state index contributed by atoms with van der Waals surface area (Å²) in [7, 11) is 6.37. The molecule has 3 aromatic carbocycles. The summed E-state index contributed by atoms with van der Waals surface area (Å²) in [6, 6.07) is 16.2. The molecule has 0 saturated carbocycles. The van der Waals surface area contributed by atoms with Crippen molar-refractivity contribution in [2.75, 3.05) is 35.0 Å². The third-order valence-corrected chi connectivity index (χ3v) is 7.25. The topological polar surface area (TPSA) is 86.3 Å². The van der Waals surface area contributed by atoms with Gasteiger partial charge in [-0.1, -0.05) is 18.2 Å². The molecule has 3 aromatic rings. The van der Waals surface area contributed by atoms with Crippen LogP contribution in [0.2, 0.25) is 0 Å². The predicted molar refractivity (Wildman–Crippen MR) is 138 cm³/mol. The second-order valence-electron chi connectivity index (χ2n) is 9.06. The van der Waals surface area contributed by atoms with Crippen LogP contribution in [0.25, 0.3) is 0 Å². The van der Waals surface area contributed by atoms with Gasteiger partial charge in [-0.3, -0.25) is 9.59 Å². The standard InChI is InChI=1S/C29H30N2O6/c1-34-19-9-10-23(35-2)18(13-19)16-30-28(32)26-20-7-5-6-8-21(20)29(33)31-12-11-17-14-24(36-3)25(37-4)15-22(17)27(26)31/h5-10,13-15,26-27H,11-12,16H2,1-4H3,(H,30,32)/t26-,27+/m0/s1. The summed E-state index contributed by atoms with van der Waals surface area (Å²) in [6.07, 6.45) is 0.662. The lowest BCUT2D eigenvalue weighted by Gasteiger charge is -2.45. The van der Waals surface area contributed by atoms with Gasteiger partial charge in [0.15, 0.2) is 11.5 Å². The predicted octanol–water partition coefficient (Wildman–Crippen LogP) is 3.87. The highest BCUT2D eigenvalue weighted by molar-refractivity contribution is 6.01. The third-order valence-electron chi connectivity index (χ3n) is 7.25. The fourth-order valence-corrected chi connectivity index (χ4v) is 5.45. The number of carbonyl (C=O) groups is 2. The van der Waals surface area contributed by atoms with E-state index in [1.54, 1.807) is 34.5 Å². The highest BCUT2D eigenvalue weighted by atomic mass is 16.5. The molecule has 0 aliphatic carbocycles. The van der Waals surface area contributed by atoms with E-state index in [-0.39, 0.29) is 18.4 Å². The third kappa shape index (κ3) is 4.22. The summed E-state index contributed by atoms with van der Waals surface area (Å²) in [6.45, 7) is 0.755. The zero-order valence-corrected chi connectivity index (χ0v) is 21.4. The van der Waals surface area contributed by atoms with Gasteiger partial charge in [0.2, 0.25) is 5.91 Å². The Labute approximate surface area is 216 Å². The Hall–Kier alpha value is -4.20. The van der Waals surface area contributed by atoms with E-state index < -0.39 is 12.0 Å². The smallest absolute Gasteiger partial charge is 0.254 e. The molecule has 2 atom stereocenters. The van der Waals surface area contributed by atoms with Crippen LogP contribution in [0.3, 0.4) is 0 Å². The molecule has 8 nitrogen and oxygen atoms in total. The van der Waals surface area contributed by atoms with Crippen LogP contribution >= 0.6 is 0 Å². The molecule has 8 heteroatoms. The number of carbonyl (C=O) groups excluding carboxylic acids is 2. The molecule has 192 valence electrons. The fourth-order valence-electron chi connectivity index (χ4n) is 5.45. The summed E-state index contributed by atoms with van der Waals surface area (Å²) >= 11 is 0. The highest BCUT2D eigenvalue weighted by Crippen LogP contribution is 2.48. The molecule has 37 heavy (non-hydrogen) atoms. The molecule has 0 bridgehead atoms. The maximum Gasteiger partial charge on any atom is 0.254 e. The maximum atomic E-state index is 14.0. The lowest BCUT2D eigenvalue weighted by Crippen LogP contribution is -2.50. The number of hydrogen-bond donors (Lipinski definition) is 1. The number of benzene rings is 3. The van der Waals surface area contributed by atoms with Crippen molar-refractivity contribution < 1.29 is 28.5 Å². The van der Waals surface area contributed by atoms with Crippen LogP contribution in [-0.2, 0) is 17.8 Å². The van der Waals surface area contributed by atoms with Gasteiger partial charge in [-0.05, 0) is 59.5 Å². The molecule has 0 unspecified atom stereocenters. The van der Waals surface area contributed by atoms with E-state index in [0.29, 0.717) is 47.1 Å². The van der Waals surface area contributed by atoms with E-state index in [0.717, 1.165) is 16.7 Å². The normalized spacial score (nSPS) is 17.7. The number of nitrogens with one attached hydrogen (secondary N) is 1. The summed E-state index contributed by atoms with van der Waals surface area (Å²) in [5.41, 5.74) is 4.00. The fraction of sp³-hybridized carbons (Fsp3) is 0.310. The van der Waals surface area contributed by atoms with Gasteiger partial charge < -0.3 is 29.2 Å². The van der Waals surface area contributed by atoms with Gasteiger partial charge in [0.25, 0.3) is 5.91 Å². The van der Waals surface area contributed by atoms with E-state index >= 15 is 0 Å². The van der Waals surface area contributed by atoms with Crippen molar-refractivity contribution in [1.29, 1.82) is 0 Å². The second-order valence-corrected chi connectivity index (χ2v) is 9.06. The lowest BCUT2D eigenvalue weighted by atomic mass is 9.75. The Morgan fingerprint density at radius 1 is 0.892 bits per heavy atom. The van der Waals surface area contributed by atoms with Gasteiger partial charge in [-0.2, -0.15) is 0 Å². The molecular formula is C29H30N2O6. The first kappa shape index (κ1) is 24.5. The summed E-state index contributed by atoms with van der Waals surface area (Å²) in [5.74, 6) is 1.66. The molecule has 0 saturated heterocycles. The molecule has 5 rings (SSSR count). The Bertz CT molecular complexity index is 1350. The van der Waals surface area contributed by atoms with E-state index in [4.69, 9.17) is 18.9 Å². The molecule has 2 heterocycles. The summed E-state index contributed by atoms with van der Waals surface area (Å²) in [4.78, 5) is 29.3. The monoisotopic (exact) mass is 502 g/mol. The average Bonchev–Trinajstić information content (AvgIpc) is 2.95. The van der Waals surface area contributed by atoms with Crippen molar-refractivity contribution in [3.05, 3.63) is 82.4 Å². The van der Waals surface area contributed by atoms with Crippen molar-refractivity contribution >= 4 is 11.8 Å². The number of fused-ring (bicyclic) bond motifs is 4.